The normalized spacial score (nSPS) is 16.9. The number of carboxylic acids is 1. The Bertz CT molecular complexity index is 492. The highest BCUT2D eigenvalue weighted by Crippen LogP contribution is 2.44. The predicted molar refractivity (Wildman–Crippen MR) is 80.1 cm³/mol. The van der Waals surface area contributed by atoms with Crippen LogP contribution >= 0.6 is 12.6 Å². The van der Waals surface area contributed by atoms with E-state index in [4.69, 9.17) is 5.11 Å². The lowest BCUT2D eigenvalue weighted by molar-refractivity contribution is -0.140. The van der Waals surface area contributed by atoms with E-state index in [0.29, 0.717) is 0 Å². The van der Waals surface area contributed by atoms with E-state index >= 15 is 0 Å². The van der Waals surface area contributed by atoms with Crippen molar-refractivity contribution in [2.45, 2.75) is 43.4 Å². The maximum absolute atomic E-state index is 12.1. The van der Waals surface area contributed by atoms with Gasteiger partial charge in [0.15, 0.2) is 0 Å². The highest BCUT2D eigenvalue weighted by atomic mass is 32.1. The SMILES string of the molecule is O=C(O)CC1(CC(=O)Nc2ccc(S)cc2)CCCC1. The second-order valence-corrected chi connectivity index (χ2v) is 6.07. The molecule has 0 unspecified atom stereocenters. The molecule has 0 heterocycles. The Hall–Kier alpha value is -1.49. The molecule has 20 heavy (non-hydrogen) atoms. The van der Waals surface area contributed by atoms with Crippen LogP contribution in [-0.2, 0) is 9.59 Å². The summed E-state index contributed by atoms with van der Waals surface area (Å²) in [5, 5.41) is 11.9. The summed E-state index contributed by atoms with van der Waals surface area (Å²) in [4.78, 5) is 23.9. The number of hydrogen-bond acceptors (Lipinski definition) is 3. The summed E-state index contributed by atoms with van der Waals surface area (Å²) in [5.41, 5.74) is 0.357. The lowest BCUT2D eigenvalue weighted by atomic mass is 9.79. The highest BCUT2D eigenvalue weighted by molar-refractivity contribution is 7.80. The summed E-state index contributed by atoms with van der Waals surface area (Å²) < 4.78 is 0. The minimum absolute atomic E-state index is 0.0794. The molecule has 0 bridgehead atoms. The van der Waals surface area contributed by atoms with E-state index in [1.807, 2.05) is 0 Å². The Morgan fingerprint density at radius 3 is 2.30 bits per heavy atom. The molecule has 0 atom stereocenters. The van der Waals surface area contributed by atoms with Gasteiger partial charge in [0, 0.05) is 17.0 Å². The zero-order chi connectivity index (χ0) is 14.6. The third-order valence-electron chi connectivity index (χ3n) is 3.88. The molecule has 0 aromatic heterocycles. The first-order valence-corrected chi connectivity index (χ1v) is 7.25. The standard InChI is InChI=1S/C15H19NO3S/c17-13(16-11-3-5-12(20)6-4-11)9-15(10-14(18)19)7-1-2-8-15/h3-6,20H,1-2,7-10H2,(H,16,17)(H,18,19). The van der Waals surface area contributed by atoms with Crippen molar-refractivity contribution < 1.29 is 14.7 Å². The number of aliphatic carboxylic acids is 1. The van der Waals surface area contributed by atoms with E-state index in [1.165, 1.54) is 0 Å². The Kier molecular flexibility index (Phi) is 4.70. The topological polar surface area (TPSA) is 66.4 Å². The third-order valence-corrected chi connectivity index (χ3v) is 4.18. The second kappa shape index (κ2) is 6.31. The smallest absolute Gasteiger partial charge is 0.303 e. The summed E-state index contributed by atoms with van der Waals surface area (Å²) in [6.07, 6.45) is 4.02. The van der Waals surface area contributed by atoms with Gasteiger partial charge < -0.3 is 10.4 Å². The number of benzene rings is 1. The van der Waals surface area contributed by atoms with Gasteiger partial charge in [-0.05, 0) is 42.5 Å². The van der Waals surface area contributed by atoms with Gasteiger partial charge in [-0.2, -0.15) is 0 Å². The molecular weight excluding hydrogens is 274 g/mol. The number of nitrogens with one attached hydrogen (secondary N) is 1. The molecule has 1 aromatic carbocycles. The molecule has 1 fully saturated rings. The van der Waals surface area contributed by atoms with Crippen molar-refractivity contribution in [2.24, 2.45) is 5.41 Å². The van der Waals surface area contributed by atoms with Gasteiger partial charge in [-0.25, -0.2) is 0 Å². The summed E-state index contributed by atoms with van der Waals surface area (Å²) in [6, 6.07) is 7.19. The summed E-state index contributed by atoms with van der Waals surface area (Å²) >= 11 is 4.19. The van der Waals surface area contributed by atoms with E-state index in [0.717, 1.165) is 36.3 Å². The van der Waals surface area contributed by atoms with Crippen molar-refractivity contribution in [3.05, 3.63) is 24.3 Å². The number of rotatable bonds is 5. The maximum Gasteiger partial charge on any atom is 0.303 e. The molecule has 0 saturated heterocycles. The first-order valence-electron chi connectivity index (χ1n) is 6.80. The van der Waals surface area contributed by atoms with E-state index in [-0.39, 0.29) is 24.2 Å². The number of carbonyl (C=O) groups is 2. The predicted octanol–water partition coefficient (Wildman–Crippen LogP) is 3.34. The minimum Gasteiger partial charge on any atom is -0.481 e. The highest BCUT2D eigenvalue weighted by Gasteiger charge is 2.37. The molecule has 0 radical (unpaired) electrons. The molecule has 5 heteroatoms. The number of amides is 1. The van der Waals surface area contributed by atoms with Crippen molar-refractivity contribution in [1.82, 2.24) is 0 Å². The van der Waals surface area contributed by atoms with Crippen LogP contribution in [0.5, 0.6) is 0 Å². The molecule has 4 nitrogen and oxygen atoms in total. The van der Waals surface area contributed by atoms with Crippen LogP contribution in [0.1, 0.15) is 38.5 Å². The molecule has 2 rings (SSSR count). The number of thiol groups is 1. The van der Waals surface area contributed by atoms with Gasteiger partial charge >= 0.3 is 5.97 Å². The van der Waals surface area contributed by atoms with Crippen molar-refractivity contribution in [1.29, 1.82) is 0 Å². The fourth-order valence-corrected chi connectivity index (χ4v) is 3.10. The van der Waals surface area contributed by atoms with Crippen molar-refractivity contribution in [3.63, 3.8) is 0 Å². The van der Waals surface area contributed by atoms with E-state index in [2.05, 4.69) is 17.9 Å². The zero-order valence-electron chi connectivity index (χ0n) is 11.3. The Morgan fingerprint density at radius 1 is 1.15 bits per heavy atom. The fraction of sp³-hybridized carbons (Fsp3) is 0.467. The van der Waals surface area contributed by atoms with Crippen LogP contribution in [0.3, 0.4) is 0 Å². The van der Waals surface area contributed by atoms with Gasteiger partial charge in [-0.1, -0.05) is 12.8 Å². The quantitative estimate of drug-likeness (QED) is 0.729. The van der Waals surface area contributed by atoms with Crippen LogP contribution in [0, 0.1) is 5.41 Å². The van der Waals surface area contributed by atoms with E-state index in [1.54, 1.807) is 24.3 Å². The molecular formula is C15H19NO3S. The average Bonchev–Trinajstić information content (AvgIpc) is 2.79. The summed E-state index contributed by atoms with van der Waals surface area (Å²) in [5.74, 6) is -0.931. The Morgan fingerprint density at radius 2 is 1.75 bits per heavy atom. The molecule has 2 N–H and O–H groups in total. The minimum atomic E-state index is -0.820. The lowest BCUT2D eigenvalue weighted by Gasteiger charge is -2.26. The fourth-order valence-electron chi connectivity index (χ4n) is 2.95. The average molecular weight is 293 g/mol. The molecule has 1 aromatic rings. The Labute approximate surface area is 124 Å². The van der Waals surface area contributed by atoms with Crippen LogP contribution in [0.15, 0.2) is 29.2 Å². The van der Waals surface area contributed by atoms with Crippen molar-refractivity contribution >= 4 is 30.2 Å². The third kappa shape index (κ3) is 4.00. The number of carboxylic acid groups (broad SMARTS) is 1. The molecule has 1 amide bonds. The van der Waals surface area contributed by atoms with Crippen LogP contribution in [0.25, 0.3) is 0 Å². The van der Waals surface area contributed by atoms with Crippen LogP contribution < -0.4 is 5.32 Å². The number of anilines is 1. The van der Waals surface area contributed by atoms with Crippen LogP contribution in [0.2, 0.25) is 0 Å². The molecule has 1 aliphatic rings. The Balaban J connectivity index is 1.98. The van der Waals surface area contributed by atoms with Crippen LogP contribution in [-0.4, -0.2) is 17.0 Å². The van der Waals surface area contributed by atoms with E-state index in [9.17, 15) is 9.59 Å². The molecule has 1 aliphatic carbocycles. The lowest BCUT2D eigenvalue weighted by Crippen LogP contribution is -2.27. The van der Waals surface area contributed by atoms with Crippen molar-refractivity contribution in [3.8, 4) is 0 Å². The largest absolute Gasteiger partial charge is 0.481 e. The number of carbonyl (C=O) groups excluding carboxylic acids is 1. The van der Waals surface area contributed by atoms with Crippen molar-refractivity contribution in [2.75, 3.05) is 5.32 Å². The summed E-state index contributed by atoms with van der Waals surface area (Å²) in [6.45, 7) is 0. The molecule has 1 saturated carbocycles. The monoisotopic (exact) mass is 293 g/mol. The van der Waals surface area contributed by atoms with Gasteiger partial charge in [-0.15, -0.1) is 12.6 Å². The maximum atomic E-state index is 12.1. The van der Waals surface area contributed by atoms with Gasteiger partial charge in [0.2, 0.25) is 5.91 Å². The van der Waals surface area contributed by atoms with Gasteiger partial charge in [-0.3, -0.25) is 9.59 Å². The van der Waals surface area contributed by atoms with E-state index < -0.39 is 5.97 Å². The first-order chi connectivity index (χ1) is 9.49. The number of hydrogen-bond donors (Lipinski definition) is 3. The molecule has 0 spiro atoms. The second-order valence-electron chi connectivity index (χ2n) is 5.55. The summed E-state index contributed by atoms with van der Waals surface area (Å²) in [7, 11) is 0. The first kappa shape index (κ1) is 14.9. The van der Waals surface area contributed by atoms with Gasteiger partial charge in [0.25, 0.3) is 0 Å². The van der Waals surface area contributed by atoms with Gasteiger partial charge in [0.1, 0.15) is 0 Å². The van der Waals surface area contributed by atoms with Crippen LogP contribution in [0.4, 0.5) is 5.69 Å². The van der Waals surface area contributed by atoms with Gasteiger partial charge in [0.05, 0.1) is 6.42 Å². The molecule has 108 valence electrons. The molecule has 0 aliphatic heterocycles. The zero-order valence-corrected chi connectivity index (χ0v) is 12.2.